The molecule has 2 aromatic rings. The molecule has 1 aliphatic heterocycles. The van der Waals surface area contributed by atoms with Crippen LogP contribution >= 0.6 is 0 Å². The zero-order valence-electron chi connectivity index (χ0n) is 13.6. The summed E-state index contributed by atoms with van der Waals surface area (Å²) in [5.41, 5.74) is 8.95. The molecular formula is C18H18N4O2. The van der Waals surface area contributed by atoms with Gasteiger partial charge in [-0.15, -0.1) is 0 Å². The molecule has 1 aromatic heterocycles. The highest BCUT2D eigenvalue weighted by Gasteiger charge is 2.22. The molecule has 3 rings (SSSR count). The number of nitrogens with two attached hydrogens (primary N) is 1. The Balaban J connectivity index is 2.30. The van der Waals surface area contributed by atoms with Crippen molar-refractivity contribution in [3.8, 4) is 28.7 Å². The molecule has 0 aliphatic carbocycles. The largest absolute Gasteiger partial charge is 0.486 e. The minimum atomic E-state index is 0.0765. The van der Waals surface area contributed by atoms with Crippen molar-refractivity contribution in [1.29, 1.82) is 10.7 Å². The van der Waals surface area contributed by atoms with Crippen LogP contribution in [0.2, 0.25) is 0 Å². The first-order chi connectivity index (χ1) is 11.6. The molecule has 0 saturated heterocycles. The first kappa shape index (κ1) is 15.8. The number of hydrogen-bond acceptors (Lipinski definition) is 6. The van der Waals surface area contributed by atoms with Gasteiger partial charge in [0.15, 0.2) is 11.5 Å². The molecule has 0 radical (unpaired) electrons. The minimum absolute atomic E-state index is 0.0765. The fourth-order valence-corrected chi connectivity index (χ4v) is 2.83. The molecule has 2 heterocycles. The number of pyridine rings is 1. The Hall–Kier alpha value is -3.07. The van der Waals surface area contributed by atoms with E-state index in [0.717, 1.165) is 5.56 Å². The molecule has 0 spiro atoms. The molecule has 1 aliphatic rings. The summed E-state index contributed by atoms with van der Waals surface area (Å²) in [5, 5.41) is 17.4. The van der Waals surface area contributed by atoms with Crippen molar-refractivity contribution in [3.63, 3.8) is 0 Å². The number of nitrogens with one attached hydrogen (secondary N) is 1. The van der Waals surface area contributed by atoms with E-state index >= 15 is 0 Å². The van der Waals surface area contributed by atoms with Gasteiger partial charge in [-0.3, -0.25) is 0 Å². The second kappa shape index (κ2) is 6.20. The van der Waals surface area contributed by atoms with E-state index in [1.807, 2.05) is 32.0 Å². The van der Waals surface area contributed by atoms with Crippen molar-refractivity contribution in [3.05, 3.63) is 35.0 Å². The third-order valence-corrected chi connectivity index (χ3v) is 3.93. The molecule has 1 aromatic carbocycles. The van der Waals surface area contributed by atoms with E-state index in [0.29, 0.717) is 41.5 Å². The molecule has 0 saturated carbocycles. The maximum absolute atomic E-state index is 9.55. The number of benzene rings is 1. The van der Waals surface area contributed by atoms with E-state index in [-0.39, 0.29) is 17.3 Å². The number of rotatable bonds is 3. The number of nitrogens with zero attached hydrogens (tertiary/aromatic N) is 2. The van der Waals surface area contributed by atoms with Crippen LogP contribution in [-0.2, 0) is 0 Å². The van der Waals surface area contributed by atoms with Gasteiger partial charge in [-0.05, 0) is 23.6 Å². The van der Waals surface area contributed by atoms with Gasteiger partial charge in [0.25, 0.3) is 0 Å². The van der Waals surface area contributed by atoms with E-state index in [9.17, 15) is 5.26 Å². The molecule has 122 valence electrons. The van der Waals surface area contributed by atoms with Gasteiger partial charge >= 0.3 is 0 Å². The summed E-state index contributed by atoms with van der Waals surface area (Å²) in [4.78, 5) is 4.34. The highest BCUT2D eigenvalue weighted by Crippen LogP contribution is 2.39. The lowest BCUT2D eigenvalue weighted by Crippen LogP contribution is -2.15. The van der Waals surface area contributed by atoms with Crippen LogP contribution < -0.4 is 15.2 Å². The minimum Gasteiger partial charge on any atom is -0.486 e. The number of nitrogen functional groups attached to an aromatic ring is 1. The molecule has 0 amide bonds. The van der Waals surface area contributed by atoms with Crippen molar-refractivity contribution >= 4 is 12.0 Å². The SMILES string of the molecule is CC(C)c1nc(N)c(C#N)c(-c2ccc3c(c2)OCCO3)c1C=N. The van der Waals surface area contributed by atoms with Gasteiger partial charge in [0, 0.05) is 17.3 Å². The Labute approximate surface area is 140 Å². The van der Waals surface area contributed by atoms with Crippen LogP contribution in [0.1, 0.15) is 36.6 Å². The molecule has 0 unspecified atom stereocenters. The van der Waals surface area contributed by atoms with Crippen molar-refractivity contribution in [2.75, 3.05) is 18.9 Å². The van der Waals surface area contributed by atoms with Crippen LogP contribution in [0.25, 0.3) is 11.1 Å². The van der Waals surface area contributed by atoms with E-state index in [1.54, 1.807) is 0 Å². The normalized spacial score (nSPS) is 12.8. The molecule has 0 fully saturated rings. The molecule has 0 atom stereocenters. The predicted molar refractivity (Wildman–Crippen MR) is 91.8 cm³/mol. The van der Waals surface area contributed by atoms with Crippen molar-refractivity contribution in [2.24, 2.45) is 0 Å². The molecule has 3 N–H and O–H groups in total. The number of aromatic nitrogens is 1. The smallest absolute Gasteiger partial charge is 0.161 e. The third-order valence-electron chi connectivity index (χ3n) is 3.93. The summed E-state index contributed by atoms with van der Waals surface area (Å²) in [6.45, 7) is 4.96. The molecular weight excluding hydrogens is 304 g/mol. The third kappa shape index (κ3) is 2.54. The quantitative estimate of drug-likeness (QED) is 0.845. The van der Waals surface area contributed by atoms with Gasteiger partial charge in [0.1, 0.15) is 30.7 Å². The molecule has 0 bridgehead atoms. The number of hydrogen-bond donors (Lipinski definition) is 2. The second-order valence-corrected chi connectivity index (χ2v) is 5.82. The van der Waals surface area contributed by atoms with Gasteiger partial charge in [0.05, 0.1) is 5.69 Å². The summed E-state index contributed by atoms with van der Waals surface area (Å²) < 4.78 is 11.2. The number of fused-ring (bicyclic) bond motifs is 1. The Morgan fingerprint density at radius 1 is 1.29 bits per heavy atom. The van der Waals surface area contributed by atoms with E-state index < -0.39 is 0 Å². The summed E-state index contributed by atoms with van der Waals surface area (Å²) in [7, 11) is 0. The molecule has 24 heavy (non-hydrogen) atoms. The van der Waals surface area contributed by atoms with Gasteiger partial charge < -0.3 is 20.6 Å². The standard InChI is InChI=1S/C18H18N4O2/c1-10(2)17-12(8-19)16(13(9-20)18(21)22-17)11-3-4-14-15(7-11)24-6-5-23-14/h3-4,7-8,10,19H,5-6H2,1-2H3,(H2,21,22). The fraction of sp³-hybridized carbons (Fsp3) is 0.278. The number of nitriles is 1. The van der Waals surface area contributed by atoms with Gasteiger partial charge in [0.2, 0.25) is 0 Å². The lowest BCUT2D eigenvalue weighted by Gasteiger charge is -2.21. The summed E-state index contributed by atoms with van der Waals surface area (Å²) in [6.07, 6.45) is 1.23. The highest BCUT2D eigenvalue weighted by atomic mass is 16.6. The second-order valence-electron chi connectivity index (χ2n) is 5.82. The van der Waals surface area contributed by atoms with E-state index in [1.165, 1.54) is 6.21 Å². The monoisotopic (exact) mass is 322 g/mol. The van der Waals surface area contributed by atoms with Crippen molar-refractivity contribution in [1.82, 2.24) is 4.98 Å². The van der Waals surface area contributed by atoms with Crippen LogP contribution in [0.5, 0.6) is 11.5 Å². The lowest BCUT2D eigenvalue weighted by molar-refractivity contribution is 0.171. The van der Waals surface area contributed by atoms with Crippen LogP contribution in [0.3, 0.4) is 0 Å². The van der Waals surface area contributed by atoms with Gasteiger partial charge in [-0.1, -0.05) is 19.9 Å². The van der Waals surface area contributed by atoms with Crippen LogP contribution in [-0.4, -0.2) is 24.4 Å². The van der Waals surface area contributed by atoms with Crippen LogP contribution in [0.15, 0.2) is 18.2 Å². The van der Waals surface area contributed by atoms with Gasteiger partial charge in [-0.25, -0.2) is 4.98 Å². The average molecular weight is 322 g/mol. The van der Waals surface area contributed by atoms with Crippen molar-refractivity contribution in [2.45, 2.75) is 19.8 Å². The first-order valence-electron chi connectivity index (χ1n) is 7.70. The highest BCUT2D eigenvalue weighted by molar-refractivity contribution is 5.94. The Morgan fingerprint density at radius 3 is 2.62 bits per heavy atom. The average Bonchev–Trinajstić information content (AvgIpc) is 2.60. The van der Waals surface area contributed by atoms with Crippen LogP contribution in [0, 0.1) is 16.7 Å². The number of anilines is 1. The zero-order valence-corrected chi connectivity index (χ0v) is 13.6. The maximum Gasteiger partial charge on any atom is 0.161 e. The summed E-state index contributed by atoms with van der Waals surface area (Å²) in [5.74, 6) is 1.55. The topological polar surface area (TPSA) is 105 Å². The lowest BCUT2D eigenvalue weighted by atomic mass is 9.91. The Bertz CT molecular complexity index is 853. The van der Waals surface area contributed by atoms with Crippen molar-refractivity contribution < 1.29 is 9.47 Å². The van der Waals surface area contributed by atoms with Crippen LogP contribution in [0.4, 0.5) is 5.82 Å². The molecule has 6 heteroatoms. The summed E-state index contributed by atoms with van der Waals surface area (Å²) >= 11 is 0. The zero-order chi connectivity index (χ0) is 17.3. The maximum atomic E-state index is 9.55. The fourth-order valence-electron chi connectivity index (χ4n) is 2.83. The predicted octanol–water partition coefficient (Wildman–Crippen LogP) is 3.09. The first-order valence-corrected chi connectivity index (χ1v) is 7.70. The van der Waals surface area contributed by atoms with Gasteiger partial charge in [-0.2, -0.15) is 5.26 Å². The van der Waals surface area contributed by atoms with E-state index in [2.05, 4.69) is 11.1 Å². The Kier molecular flexibility index (Phi) is 4.09. The number of ether oxygens (including phenoxy) is 2. The summed E-state index contributed by atoms with van der Waals surface area (Å²) in [6, 6.07) is 7.60. The Morgan fingerprint density at radius 2 is 2.00 bits per heavy atom. The molecule has 6 nitrogen and oxygen atoms in total. The van der Waals surface area contributed by atoms with E-state index in [4.69, 9.17) is 20.6 Å².